The molecule has 2 rings (SSSR count). The van der Waals surface area contributed by atoms with Crippen molar-refractivity contribution in [3.05, 3.63) is 29.6 Å². The van der Waals surface area contributed by atoms with E-state index in [2.05, 4.69) is 12.2 Å². The van der Waals surface area contributed by atoms with Crippen molar-refractivity contribution in [1.82, 2.24) is 5.32 Å². The largest absolute Gasteiger partial charge is 0.494 e. The second-order valence-corrected chi connectivity index (χ2v) is 5.88. The van der Waals surface area contributed by atoms with Crippen LogP contribution in [0.2, 0.25) is 0 Å². The SMILES string of the molecule is CCC1CCC(NC)C(Cc2cccc(OC)c2F)C1. The molecule has 20 heavy (non-hydrogen) atoms. The number of methoxy groups -OCH3 is 1. The van der Waals surface area contributed by atoms with Gasteiger partial charge in [0.2, 0.25) is 0 Å². The first kappa shape index (κ1) is 15.3. The number of benzene rings is 1. The van der Waals surface area contributed by atoms with Gasteiger partial charge in [-0.15, -0.1) is 0 Å². The van der Waals surface area contributed by atoms with Gasteiger partial charge in [-0.05, 0) is 56.2 Å². The first-order chi connectivity index (χ1) is 9.69. The van der Waals surface area contributed by atoms with Crippen molar-refractivity contribution in [2.45, 2.75) is 45.1 Å². The Morgan fingerprint density at radius 1 is 1.35 bits per heavy atom. The highest BCUT2D eigenvalue weighted by Crippen LogP contribution is 2.34. The van der Waals surface area contributed by atoms with Crippen molar-refractivity contribution < 1.29 is 9.13 Å². The first-order valence-corrected chi connectivity index (χ1v) is 7.68. The number of nitrogens with one attached hydrogen (secondary N) is 1. The van der Waals surface area contributed by atoms with Crippen molar-refractivity contribution in [2.75, 3.05) is 14.2 Å². The zero-order chi connectivity index (χ0) is 14.5. The molecule has 1 aromatic rings. The van der Waals surface area contributed by atoms with Crippen LogP contribution in [0.25, 0.3) is 0 Å². The molecule has 0 radical (unpaired) electrons. The molecule has 0 bridgehead atoms. The highest BCUT2D eigenvalue weighted by molar-refractivity contribution is 5.31. The molecule has 0 amide bonds. The Bertz CT molecular complexity index is 435. The minimum atomic E-state index is -0.191. The molecule has 1 aliphatic rings. The van der Waals surface area contributed by atoms with E-state index in [4.69, 9.17) is 4.74 Å². The van der Waals surface area contributed by atoms with E-state index in [1.165, 1.54) is 32.8 Å². The third-order valence-corrected chi connectivity index (χ3v) is 4.78. The lowest BCUT2D eigenvalue weighted by Gasteiger charge is -2.36. The monoisotopic (exact) mass is 279 g/mol. The molecule has 0 heterocycles. The van der Waals surface area contributed by atoms with Crippen LogP contribution in [-0.2, 0) is 6.42 Å². The predicted molar refractivity (Wildman–Crippen MR) is 80.6 cm³/mol. The van der Waals surface area contributed by atoms with Gasteiger partial charge in [0.05, 0.1) is 7.11 Å². The van der Waals surface area contributed by atoms with Crippen LogP contribution in [0.5, 0.6) is 5.75 Å². The van der Waals surface area contributed by atoms with Crippen LogP contribution in [0.4, 0.5) is 4.39 Å². The van der Waals surface area contributed by atoms with Crippen LogP contribution in [-0.4, -0.2) is 20.2 Å². The second kappa shape index (κ2) is 7.07. The third kappa shape index (κ3) is 3.32. The Kier molecular flexibility index (Phi) is 5.41. The maximum absolute atomic E-state index is 14.3. The van der Waals surface area contributed by atoms with Crippen LogP contribution >= 0.6 is 0 Å². The molecule has 0 spiro atoms. The van der Waals surface area contributed by atoms with Crippen LogP contribution < -0.4 is 10.1 Å². The van der Waals surface area contributed by atoms with Crippen LogP contribution in [0.15, 0.2) is 18.2 Å². The Hall–Kier alpha value is -1.09. The van der Waals surface area contributed by atoms with Crippen molar-refractivity contribution in [2.24, 2.45) is 11.8 Å². The van der Waals surface area contributed by atoms with Crippen molar-refractivity contribution in [1.29, 1.82) is 0 Å². The maximum Gasteiger partial charge on any atom is 0.168 e. The zero-order valence-corrected chi connectivity index (χ0v) is 12.8. The molecule has 3 heteroatoms. The smallest absolute Gasteiger partial charge is 0.168 e. The van der Waals surface area contributed by atoms with Crippen molar-refractivity contribution in [3.63, 3.8) is 0 Å². The van der Waals surface area contributed by atoms with E-state index in [1.54, 1.807) is 6.07 Å². The minimum Gasteiger partial charge on any atom is -0.494 e. The molecule has 3 unspecified atom stereocenters. The normalized spacial score (nSPS) is 26.5. The van der Waals surface area contributed by atoms with Gasteiger partial charge in [-0.2, -0.15) is 0 Å². The Morgan fingerprint density at radius 3 is 2.80 bits per heavy atom. The molecule has 1 saturated carbocycles. The molecule has 2 nitrogen and oxygen atoms in total. The number of rotatable bonds is 5. The average molecular weight is 279 g/mol. The summed E-state index contributed by atoms with van der Waals surface area (Å²) in [7, 11) is 3.54. The number of hydrogen-bond donors (Lipinski definition) is 1. The van der Waals surface area contributed by atoms with Gasteiger partial charge in [0.15, 0.2) is 11.6 Å². The lowest BCUT2D eigenvalue weighted by atomic mass is 9.74. The quantitative estimate of drug-likeness (QED) is 0.885. The van der Waals surface area contributed by atoms with Crippen molar-refractivity contribution >= 4 is 0 Å². The van der Waals surface area contributed by atoms with Gasteiger partial charge in [0.25, 0.3) is 0 Å². The van der Waals surface area contributed by atoms with Gasteiger partial charge < -0.3 is 10.1 Å². The zero-order valence-electron chi connectivity index (χ0n) is 12.8. The third-order valence-electron chi connectivity index (χ3n) is 4.78. The molecular weight excluding hydrogens is 253 g/mol. The standard InChI is InChI=1S/C17H26FNO/c1-4-12-8-9-15(19-2)14(10-12)11-13-6-5-7-16(20-3)17(13)18/h5-7,12,14-15,19H,4,8-11H2,1-3H3. The molecule has 0 aliphatic heterocycles. The van der Waals surface area contributed by atoms with Gasteiger partial charge >= 0.3 is 0 Å². The molecule has 0 aromatic heterocycles. The van der Waals surface area contributed by atoms with E-state index in [-0.39, 0.29) is 5.82 Å². The van der Waals surface area contributed by atoms with Crippen LogP contribution in [0, 0.1) is 17.7 Å². The Morgan fingerprint density at radius 2 is 2.15 bits per heavy atom. The summed E-state index contributed by atoms with van der Waals surface area (Å²) in [5.74, 6) is 1.47. The summed E-state index contributed by atoms with van der Waals surface area (Å²) < 4.78 is 19.4. The highest BCUT2D eigenvalue weighted by atomic mass is 19.1. The molecule has 3 atom stereocenters. The maximum atomic E-state index is 14.3. The summed E-state index contributed by atoms with van der Waals surface area (Å²) in [5.41, 5.74) is 0.784. The average Bonchev–Trinajstić information content (AvgIpc) is 2.49. The summed E-state index contributed by atoms with van der Waals surface area (Å²) in [6.07, 6.45) is 5.71. The predicted octanol–water partition coefficient (Wildman–Crippen LogP) is 3.79. The Labute approximate surface area is 121 Å². The van der Waals surface area contributed by atoms with E-state index < -0.39 is 0 Å². The summed E-state index contributed by atoms with van der Waals surface area (Å²) >= 11 is 0. The summed E-state index contributed by atoms with van der Waals surface area (Å²) in [6, 6.07) is 5.96. The van der Waals surface area contributed by atoms with Crippen LogP contribution in [0.3, 0.4) is 0 Å². The van der Waals surface area contributed by atoms with Crippen LogP contribution in [0.1, 0.15) is 38.2 Å². The minimum absolute atomic E-state index is 0.191. The number of hydrogen-bond acceptors (Lipinski definition) is 2. The van der Waals surface area contributed by atoms with Gasteiger partial charge in [-0.1, -0.05) is 25.5 Å². The fourth-order valence-electron chi connectivity index (χ4n) is 3.49. The highest BCUT2D eigenvalue weighted by Gasteiger charge is 2.29. The summed E-state index contributed by atoms with van der Waals surface area (Å²) in [4.78, 5) is 0. The van der Waals surface area contributed by atoms with E-state index in [9.17, 15) is 4.39 Å². The molecule has 0 saturated heterocycles. The lowest BCUT2D eigenvalue weighted by Crippen LogP contribution is -2.39. The fourth-order valence-corrected chi connectivity index (χ4v) is 3.49. The molecule has 1 N–H and O–H groups in total. The molecule has 1 aliphatic carbocycles. The van der Waals surface area contributed by atoms with Gasteiger partial charge in [0, 0.05) is 6.04 Å². The van der Waals surface area contributed by atoms with E-state index in [0.717, 1.165) is 17.9 Å². The van der Waals surface area contributed by atoms with Gasteiger partial charge in [-0.3, -0.25) is 0 Å². The summed E-state index contributed by atoms with van der Waals surface area (Å²) in [5, 5.41) is 3.41. The second-order valence-electron chi connectivity index (χ2n) is 5.88. The molecule has 1 fully saturated rings. The van der Waals surface area contributed by atoms with E-state index >= 15 is 0 Å². The number of ether oxygens (including phenoxy) is 1. The van der Waals surface area contributed by atoms with Crippen molar-refractivity contribution in [3.8, 4) is 5.75 Å². The number of halogens is 1. The molecule has 1 aromatic carbocycles. The topological polar surface area (TPSA) is 21.3 Å². The van der Waals surface area contributed by atoms with Gasteiger partial charge in [0.1, 0.15) is 0 Å². The van der Waals surface area contributed by atoms with Gasteiger partial charge in [-0.25, -0.2) is 4.39 Å². The fraction of sp³-hybridized carbons (Fsp3) is 0.647. The van der Waals surface area contributed by atoms with E-state index in [1.807, 2.05) is 19.2 Å². The van der Waals surface area contributed by atoms with E-state index in [0.29, 0.717) is 17.7 Å². The molecule has 112 valence electrons. The first-order valence-electron chi connectivity index (χ1n) is 7.68. The molecular formula is C17H26FNO. The lowest BCUT2D eigenvalue weighted by molar-refractivity contribution is 0.204. The summed E-state index contributed by atoms with van der Waals surface area (Å²) in [6.45, 7) is 2.26. The Balaban J connectivity index is 2.14.